The average molecular weight is 317 g/mol. The molecule has 1 aromatic heterocycles. The summed E-state index contributed by atoms with van der Waals surface area (Å²) in [4.78, 5) is 17.4. The number of anilines is 1. The van der Waals surface area contributed by atoms with Crippen LogP contribution in [0.5, 0.6) is 0 Å². The van der Waals surface area contributed by atoms with Crippen LogP contribution in [0.2, 0.25) is 0 Å². The lowest BCUT2D eigenvalue weighted by atomic mass is 10.1. The Morgan fingerprint density at radius 1 is 1.12 bits per heavy atom. The number of hydrogen-bond acceptors (Lipinski definition) is 3. The Bertz CT molecular complexity index is 933. The highest BCUT2D eigenvalue weighted by molar-refractivity contribution is 6.06. The molecule has 0 atom stereocenters. The molecule has 0 fully saturated rings. The monoisotopic (exact) mass is 317 g/mol. The zero-order valence-electron chi connectivity index (χ0n) is 13.6. The van der Waals surface area contributed by atoms with Crippen LogP contribution in [-0.2, 0) is 19.5 Å². The number of carbonyl (C=O) groups is 1. The minimum absolute atomic E-state index is 0.101. The fourth-order valence-corrected chi connectivity index (χ4v) is 3.19. The Labute approximate surface area is 140 Å². The number of hydrogen-bond donors (Lipinski definition) is 2. The van der Waals surface area contributed by atoms with Gasteiger partial charge in [-0.1, -0.05) is 31.2 Å². The Hall–Kier alpha value is -2.72. The molecule has 4 heteroatoms. The van der Waals surface area contributed by atoms with E-state index in [-0.39, 0.29) is 5.91 Å². The lowest BCUT2D eigenvalue weighted by molar-refractivity contribution is 0.102. The Morgan fingerprint density at radius 2 is 1.96 bits per heavy atom. The number of amides is 1. The summed E-state index contributed by atoms with van der Waals surface area (Å²) in [5.41, 5.74) is 5.78. The zero-order valence-corrected chi connectivity index (χ0v) is 13.6. The Kier molecular flexibility index (Phi) is 3.75. The smallest absolute Gasteiger partial charge is 0.257 e. The van der Waals surface area contributed by atoms with Gasteiger partial charge in [0.1, 0.15) is 0 Å². The van der Waals surface area contributed by atoms with Gasteiger partial charge in [0.15, 0.2) is 0 Å². The van der Waals surface area contributed by atoms with E-state index >= 15 is 0 Å². The predicted octanol–water partition coefficient (Wildman–Crippen LogP) is 3.65. The van der Waals surface area contributed by atoms with Gasteiger partial charge >= 0.3 is 0 Å². The number of carbonyl (C=O) groups excluding carboxylic acids is 1. The highest BCUT2D eigenvalue weighted by atomic mass is 16.1. The summed E-state index contributed by atoms with van der Waals surface area (Å²) in [5.74, 6) is -0.101. The van der Waals surface area contributed by atoms with Crippen molar-refractivity contribution < 1.29 is 4.79 Å². The Morgan fingerprint density at radius 3 is 2.83 bits per heavy atom. The van der Waals surface area contributed by atoms with Gasteiger partial charge in [0.25, 0.3) is 5.91 Å². The van der Waals surface area contributed by atoms with Crippen LogP contribution in [0.1, 0.15) is 34.1 Å². The molecule has 1 aliphatic heterocycles. The molecule has 0 unspecified atom stereocenters. The fourth-order valence-electron chi connectivity index (χ4n) is 3.19. The van der Waals surface area contributed by atoms with Crippen LogP contribution in [0.3, 0.4) is 0 Å². The summed E-state index contributed by atoms with van der Waals surface area (Å²) in [6.45, 7) is 3.78. The van der Waals surface area contributed by atoms with E-state index in [1.807, 2.05) is 49.4 Å². The van der Waals surface area contributed by atoms with Gasteiger partial charge in [-0.25, -0.2) is 0 Å². The summed E-state index contributed by atoms with van der Waals surface area (Å²) in [6, 6.07) is 15.9. The third-order valence-electron chi connectivity index (χ3n) is 4.48. The lowest BCUT2D eigenvalue weighted by Crippen LogP contribution is -2.15. The SMILES string of the molecule is CCc1nc2ccccc2cc1C(=O)Nc1ccc2c(c1)CNC2. The topological polar surface area (TPSA) is 54.0 Å². The molecule has 24 heavy (non-hydrogen) atoms. The molecule has 0 saturated heterocycles. The molecule has 0 aliphatic carbocycles. The highest BCUT2D eigenvalue weighted by Crippen LogP contribution is 2.22. The second kappa shape index (κ2) is 6.06. The molecule has 3 aromatic rings. The van der Waals surface area contributed by atoms with Crippen molar-refractivity contribution >= 4 is 22.5 Å². The summed E-state index contributed by atoms with van der Waals surface area (Å²) in [7, 11) is 0. The van der Waals surface area contributed by atoms with Crippen molar-refractivity contribution in [3.8, 4) is 0 Å². The highest BCUT2D eigenvalue weighted by Gasteiger charge is 2.15. The van der Waals surface area contributed by atoms with E-state index in [2.05, 4.69) is 21.7 Å². The van der Waals surface area contributed by atoms with Gasteiger partial charge < -0.3 is 10.6 Å². The third-order valence-corrected chi connectivity index (χ3v) is 4.48. The van der Waals surface area contributed by atoms with Crippen LogP contribution in [0.15, 0.2) is 48.5 Å². The van der Waals surface area contributed by atoms with Crippen molar-refractivity contribution in [2.45, 2.75) is 26.4 Å². The van der Waals surface area contributed by atoms with E-state index in [1.54, 1.807) is 0 Å². The van der Waals surface area contributed by atoms with E-state index in [4.69, 9.17) is 0 Å². The van der Waals surface area contributed by atoms with Crippen LogP contribution < -0.4 is 10.6 Å². The maximum atomic E-state index is 12.8. The first kappa shape index (κ1) is 14.8. The van der Waals surface area contributed by atoms with Crippen LogP contribution in [0, 0.1) is 0 Å². The quantitative estimate of drug-likeness (QED) is 0.775. The molecule has 0 spiro atoms. The normalized spacial score (nSPS) is 13.0. The molecular formula is C20H19N3O. The summed E-state index contributed by atoms with van der Waals surface area (Å²) >= 11 is 0. The first-order valence-corrected chi connectivity index (χ1v) is 8.27. The molecular weight excluding hydrogens is 298 g/mol. The van der Waals surface area contributed by atoms with Crippen LogP contribution in [-0.4, -0.2) is 10.9 Å². The van der Waals surface area contributed by atoms with Crippen molar-refractivity contribution in [3.05, 3.63) is 70.9 Å². The van der Waals surface area contributed by atoms with Crippen molar-refractivity contribution in [3.63, 3.8) is 0 Å². The zero-order chi connectivity index (χ0) is 16.5. The van der Waals surface area contributed by atoms with E-state index in [1.165, 1.54) is 11.1 Å². The predicted molar refractivity (Wildman–Crippen MR) is 96.1 cm³/mol. The van der Waals surface area contributed by atoms with Gasteiger partial charge in [-0.05, 0) is 41.8 Å². The molecule has 4 nitrogen and oxygen atoms in total. The number of aromatic nitrogens is 1. The molecule has 1 aliphatic rings. The van der Waals surface area contributed by atoms with E-state index in [0.29, 0.717) is 5.56 Å². The maximum absolute atomic E-state index is 12.8. The number of benzene rings is 2. The van der Waals surface area contributed by atoms with Crippen LogP contribution in [0.4, 0.5) is 5.69 Å². The fraction of sp³-hybridized carbons (Fsp3) is 0.200. The van der Waals surface area contributed by atoms with Gasteiger partial charge in [0.2, 0.25) is 0 Å². The van der Waals surface area contributed by atoms with Gasteiger partial charge in [-0.15, -0.1) is 0 Å². The number of aryl methyl sites for hydroxylation is 1. The van der Waals surface area contributed by atoms with Gasteiger partial charge in [0, 0.05) is 24.2 Å². The third kappa shape index (κ3) is 2.65. The minimum atomic E-state index is -0.101. The summed E-state index contributed by atoms with van der Waals surface area (Å²) in [5, 5.41) is 7.32. The van der Waals surface area contributed by atoms with Crippen LogP contribution in [0.25, 0.3) is 10.9 Å². The molecule has 0 saturated carbocycles. The van der Waals surface area contributed by atoms with Crippen LogP contribution >= 0.6 is 0 Å². The van der Waals surface area contributed by atoms with Crippen molar-refractivity contribution in [2.75, 3.05) is 5.32 Å². The molecule has 120 valence electrons. The van der Waals surface area contributed by atoms with Gasteiger partial charge in [-0.2, -0.15) is 0 Å². The second-order valence-corrected chi connectivity index (χ2v) is 6.07. The molecule has 2 heterocycles. The standard InChI is InChI=1S/C20H19N3O/c1-2-18-17(10-13-5-3-4-6-19(13)23-18)20(24)22-16-8-7-14-11-21-12-15(14)9-16/h3-10,21H,2,11-12H2,1H3,(H,22,24). The number of rotatable bonds is 3. The number of nitrogens with zero attached hydrogens (tertiary/aromatic N) is 1. The van der Waals surface area contributed by atoms with Gasteiger partial charge in [-0.3, -0.25) is 9.78 Å². The molecule has 2 N–H and O–H groups in total. The second-order valence-electron chi connectivity index (χ2n) is 6.07. The maximum Gasteiger partial charge on any atom is 0.257 e. The first-order valence-electron chi connectivity index (χ1n) is 8.27. The lowest BCUT2D eigenvalue weighted by Gasteiger charge is -2.11. The van der Waals surface area contributed by atoms with E-state index < -0.39 is 0 Å². The van der Waals surface area contributed by atoms with Gasteiger partial charge in [0.05, 0.1) is 16.8 Å². The largest absolute Gasteiger partial charge is 0.322 e. The number of fused-ring (bicyclic) bond motifs is 2. The van der Waals surface area contributed by atoms with Crippen molar-refractivity contribution in [1.29, 1.82) is 0 Å². The van der Waals surface area contributed by atoms with Crippen molar-refractivity contribution in [1.82, 2.24) is 10.3 Å². The number of para-hydroxylation sites is 1. The first-order chi connectivity index (χ1) is 11.7. The number of nitrogens with one attached hydrogen (secondary N) is 2. The molecule has 0 radical (unpaired) electrons. The molecule has 0 bridgehead atoms. The molecule has 1 amide bonds. The minimum Gasteiger partial charge on any atom is -0.322 e. The number of pyridine rings is 1. The summed E-state index contributed by atoms with van der Waals surface area (Å²) in [6.07, 6.45) is 0.724. The Balaban J connectivity index is 1.67. The summed E-state index contributed by atoms with van der Waals surface area (Å²) < 4.78 is 0. The molecule has 4 rings (SSSR count). The van der Waals surface area contributed by atoms with Crippen molar-refractivity contribution in [2.24, 2.45) is 0 Å². The van der Waals surface area contributed by atoms with E-state index in [0.717, 1.165) is 41.8 Å². The van der Waals surface area contributed by atoms with E-state index in [9.17, 15) is 4.79 Å². The average Bonchev–Trinajstić information content (AvgIpc) is 3.08. The molecule has 2 aromatic carbocycles.